The van der Waals surface area contributed by atoms with Crippen LogP contribution in [-0.4, -0.2) is 44.9 Å². The summed E-state index contributed by atoms with van der Waals surface area (Å²) in [5.41, 5.74) is -0.288. The third-order valence-electron chi connectivity index (χ3n) is 3.63. The van der Waals surface area contributed by atoms with E-state index in [1.54, 1.807) is 4.57 Å². The molecule has 0 saturated carbocycles. The predicted molar refractivity (Wildman–Crippen MR) is 64.3 cm³/mol. The smallest absolute Gasteiger partial charge is 0.343 e. The van der Waals surface area contributed by atoms with Crippen molar-refractivity contribution in [1.29, 1.82) is 0 Å². The van der Waals surface area contributed by atoms with Gasteiger partial charge in [0.1, 0.15) is 12.2 Å². The molecule has 1 spiro atoms. The van der Waals surface area contributed by atoms with Gasteiger partial charge in [-0.3, -0.25) is 4.57 Å². The molecule has 1 unspecified atom stereocenters. The molecule has 0 amide bonds. The molecule has 2 aliphatic rings. The largest absolute Gasteiger partial charge is 0.364 e. The molecule has 3 rings (SSSR count). The molecule has 1 aromatic heterocycles. The molecule has 0 aliphatic carbocycles. The lowest BCUT2D eigenvalue weighted by Crippen LogP contribution is -2.46. The fourth-order valence-electron chi connectivity index (χ4n) is 2.62. The molecule has 0 bridgehead atoms. The van der Waals surface area contributed by atoms with E-state index in [4.69, 9.17) is 4.74 Å². The summed E-state index contributed by atoms with van der Waals surface area (Å²) in [5.74, 6) is 0.713. The third-order valence-corrected chi connectivity index (χ3v) is 3.63. The zero-order chi connectivity index (χ0) is 11.2. The Morgan fingerprint density at radius 3 is 3.06 bits per heavy atom. The Morgan fingerprint density at radius 1 is 1.53 bits per heavy atom. The van der Waals surface area contributed by atoms with Gasteiger partial charge in [-0.05, 0) is 13.0 Å². The molecule has 6 nitrogen and oxygen atoms in total. The summed E-state index contributed by atoms with van der Waals surface area (Å²) in [6, 6.07) is 0. The maximum absolute atomic E-state index is 11.5. The normalized spacial score (nSPS) is 28.1. The van der Waals surface area contributed by atoms with Crippen molar-refractivity contribution in [3.05, 3.63) is 16.3 Å². The Bertz CT molecular complexity index is 457. The number of rotatable bonds is 1. The Morgan fingerprint density at radius 2 is 2.35 bits per heavy atom. The number of fused-ring (bicyclic) bond motifs is 1. The van der Waals surface area contributed by atoms with Crippen molar-refractivity contribution >= 4 is 12.4 Å². The molecule has 1 aromatic rings. The van der Waals surface area contributed by atoms with Crippen molar-refractivity contribution in [3.8, 4) is 0 Å². The molecule has 1 N–H and O–H groups in total. The topological polar surface area (TPSA) is 63.2 Å². The fourth-order valence-corrected chi connectivity index (χ4v) is 2.62. The minimum atomic E-state index is -0.170. The van der Waals surface area contributed by atoms with E-state index in [-0.39, 0.29) is 23.7 Å². The van der Waals surface area contributed by atoms with Crippen molar-refractivity contribution in [3.63, 3.8) is 0 Å². The van der Waals surface area contributed by atoms with Gasteiger partial charge in [-0.1, -0.05) is 6.92 Å². The lowest BCUT2D eigenvalue weighted by Gasteiger charge is -2.33. The zero-order valence-corrected chi connectivity index (χ0v) is 10.6. The van der Waals surface area contributed by atoms with Crippen LogP contribution in [0.2, 0.25) is 0 Å². The number of aromatic nitrogens is 3. The zero-order valence-electron chi connectivity index (χ0n) is 9.81. The van der Waals surface area contributed by atoms with Crippen LogP contribution in [-0.2, 0) is 17.9 Å². The van der Waals surface area contributed by atoms with E-state index in [0.29, 0.717) is 19.0 Å². The number of halogens is 1. The molecule has 7 heteroatoms. The molecular formula is C10H17ClN4O2. The van der Waals surface area contributed by atoms with Gasteiger partial charge in [0.25, 0.3) is 0 Å². The minimum Gasteiger partial charge on any atom is -0.364 e. The predicted octanol–water partition coefficient (Wildman–Crippen LogP) is -0.0122. The molecule has 17 heavy (non-hydrogen) atoms. The Hall–Kier alpha value is -0.850. The molecular weight excluding hydrogens is 244 g/mol. The van der Waals surface area contributed by atoms with Crippen LogP contribution in [0.4, 0.5) is 0 Å². The van der Waals surface area contributed by atoms with Crippen molar-refractivity contribution in [2.75, 3.05) is 19.6 Å². The maximum Gasteiger partial charge on any atom is 0.343 e. The maximum atomic E-state index is 11.5. The average molecular weight is 261 g/mol. The lowest BCUT2D eigenvalue weighted by molar-refractivity contribution is -0.0827. The van der Waals surface area contributed by atoms with Crippen LogP contribution in [0.1, 0.15) is 19.2 Å². The Kier molecular flexibility index (Phi) is 3.29. The Balaban J connectivity index is 0.00000108. The third kappa shape index (κ3) is 2.00. The van der Waals surface area contributed by atoms with Crippen LogP contribution in [0.3, 0.4) is 0 Å². The first-order valence-electron chi connectivity index (χ1n) is 5.73. The van der Waals surface area contributed by atoms with E-state index >= 15 is 0 Å². The summed E-state index contributed by atoms with van der Waals surface area (Å²) >= 11 is 0. The number of nitrogens with zero attached hydrogens (tertiary/aromatic N) is 3. The highest BCUT2D eigenvalue weighted by atomic mass is 35.5. The molecule has 0 radical (unpaired) electrons. The molecule has 1 fully saturated rings. The molecule has 1 saturated heterocycles. The first-order valence-corrected chi connectivity index (χ1v) is 5.73. The number of H-pyrrole nitrogens is 1. The highest BCUT2D eigenvalue weighted by molar-refractivity contribution is 5.85. The second kappa shape index (κ2) is 4.44. The van der Waals surface area contributed by atoms with E-state index < -0.39 is 0 Å². The van der Waals surface area contributed by atoms with Crippen LogP contribution in [0.15, 0.2) is 4.79 Å². The van der Waals surface area contributed by atoms with Gasteiger partial charge >= 0.3 is 5.69 Å². The standard InChI is InChI=1S/C10H16N4O2.ClH/c1-2-13-4-3-10(6-13)7-14-8(5-16-10)11-12-9(14)15;/h2-7H2,1H3,(H,12,15);1H. The van der Waals surface area contributed by atoms with Gasteiger partial charge < -0.3 is 9.64 Å². The van der Waals surface area contributed by atoms with Gasteiger partial charge in [-0.25, -0.2) is 9.89 Å². The van der Waals surface area contributed by atoms with Gasteiger partial charge in [0.15, 0.2) is 5.82 Å². The molecule has 3 heterocycles. The quantitative estimate of drug-likeness (QED) is 0.771. The second-order valence-electron chi connectivity index (χ2n) is 4.62. The summed E-state index contributed by atoms with van der Waals surface area (Å²) in [4.78, 5) is 13.9. The van der Waals surface area contributed by atoms with Crippen LogP contribution in [0.5, 0.6) is 0 Å². The molecule has 96 valence electrons. The van der Waals surface area contributed by atoms with Crippen LogP contribution in [0.25, 0.3) is 0 Å². The number of hydrogen-bond donors (Lipinski definition) is 1. The summed E-state index contributed by atoms with van der Waals surface area (Å²) in [7, 11) is 0. The number of nitrogens with one attached hydrogen (secondary N) is 1. The van der Waals surface area contributed by atoms with E-state index in [1.807, 2.05) is 0 Å². The first-order chi connectivity index (χ1) is 7.72. The highest BCUT2D eigenvalue weighted by Crippen LogP contribution is 2.30. The van der Waals surface area contributed by atoms with Gasteiger partial charge in [0.05, 0.1) is 6.54 Å². The number of likely N-dealkylation sites (N-methyl/N-ethyl adjacent to an activating group) is 1. The Labute approximate surface area is 105 Å². The molecule has 0 aromatic carbocycles. The molecule has 2 aliphatic heterocycles. The fraction of sp³-hybridized carbons (Fsp3) is 0.800. The van der Waals surface area contributed by atoms with Crippen LogP contribution < -0.4 is 5.69 Å². The molecule has 1 atom stereocenters. The van der Waals surface area contributed by atoms with E-state index in [9.17, 15) is 4.79 Å². The number of likely N-dealkylation sites (tertiary alicyclic amines) is 1. The summed E-state index contributed by atoms with van der Waals surface area (Å²) in [5, 5.41) is 6.41. The number of hydrogen-bond acceptors (Lipinski definition) is 4. The van der Waals surface area contributed by atoms with Gasteiger partial charge in [-0.15, -0.1) is 12.4 Å². The van der Waals surface area contributed by atoms with Crippen molar-refractivity contribution in [1.82, 2.24) is 19.7 Å². The SMILES string of the molecule is CCN1CCC2(C1)Cn1c(n[nH]c1=O)CO2.Cl. The van der Waals surface area contributed by atoms with E-state index in [2.05, 4.69) is 22.0 Å². The lowest BCUT2D eigenvalue weighted by atomic mass is 10.0. The van der Waals surface area contributed by atoms with Crippen molar-refractivity contribution in [2.24, 2.45) is 0 Å². The second-order valence-corrected chi connectivity index (χ2v) is 4.62. The van der Waals surface area contributed by atoms with Gasteiger partial charge in [-0.2, -0.15) is 5.10 Å². The minimum absolute atomic E-state index is 0. The monoisotopic (exact) mass is 260 g/mol. The van der Waals surface area contributed by atoms with E-state index in [1.165, 1.54) is 0 Å². The van der Waals surface area contributed by atoms with Crippen molar-refractivity contribution in [2.45, 2.75) is 32.1 Å². The van der Waals surface area contributed by atoms with Crippen LogP contribution in [0, 0.1) is 0 Å². The average Bonchev–Trinajstić information content (AvgIpc) is 2.85. The van der Waals surface area contributed by atoms with Gasteiger partial charge in [0.2, 0.25) is 0 Å². The van der Waals surface area contributed by atoms with Crippen molar-refractivity contribution < 1.29 is 4.74 Å². The summed E-state index contributed by atoms with van der Waals surface area (Å²) in [6.45, 7) is 6.24. The summed E-state index contributed by atoms with van der Waals surface area (Å²) in [6.07, 6.45) is 0.998. The van der Waals surface area contributed by atoms with Crippen LogP contribution >= 0.6 is 12.4 Å². The summed E-state index contributed by atoms with van der Waals surface area (Å²) < 4.78 is 7.63. The first kappa shape index (κ1) is 12.6. The number of aromatic amines is 1. The van der Waals surface area contributed by atoms with Gasteiger partial charge in [0, 0.05) is 13.1 Å². The number of ether oxygens (including phenoxy) is 1. The highest BCUT2D eigenvalue weighted by Gasteiger charge is 2.42. The van der Waals surface area contributed by atoms with E-state index in [0.717, 1.165) is 26.1 Å².